The van der Waals surface area contributed by atoms with Gasteiger partial charge >= 0.3 is 0 Å². The molecular formula is C9H11FN2. The fraction of sp³-hybridized carbons (Fsp3) is 0.222. The van der Waals surface area contributed by atoms with Crippen LogP contribution in [0.5, 0.6) is 0 Å². The Morgan fingerprint density at radius 1 is 1.67 bits per heavy atom. The molecule has 0 bridgehead atoms. The van der Waals surface area contributed by atoms with E-state index in [9.17, 15) is 4.39 Å². The molecular weight excluding hydrogens is 155 g/mol. The molecule has 0 aliphatic carbocycles. The number of hydrogen-bond donors (Lipinski definition) is 1. The second kappa shape index (κ2) is 3.97. The summed E-state index contributed by atoms with van der Waals surface area (Å²) in [4.78, 5) is 3.70. The summed E-state index contributed by atoms with van der Waals surface area (Å²) in [7, 11) is 0. The lowest BCUT2D eigenvalue weighted by molar-refractivity contribution is 0.612. The van der Waals surface area contributed by atoms with E-state index < -0.39 is 0 Å². The normalized spacial score (nSPS) is 12.5. The molecule has 0 spiro atoms. The highest BCUT2D eigenvalue weighted by Gasteiger charge is 2.04. The number of pyridine rings is 1. The summed E-state index contributed by atoms with van der Waals surface area (Å²) in [6.45, 7) is 3.55. The first kappa shape index (κ1) is 8.87. The van der Waals surface area contributed by atoms with E-state index in [0.717, 1.165) is 6.20 Å². The van der Waals surface area contributed by atoms with Crippen LogP contribution in [0.1, 0.15) is 18.0 Å². The molecule has 0 aliphatic heterocycles. The molecule has 0 aliphatic rings. The quantitative estimate of drug-likeness (QED) is 0.695. The van der Waals surface area contributed by atoms with Gasteiger partial charge in [-0.1, -0.05) is 6.08 Å². The third kappa shape index (κ3) is 2.13. The highest BCUT2D eigenvalue weighted by atomic mass is 19.1. The van der Waals surface area contributed by atoms with E-state index in [1.165, 1.54) is 6.07 Å². The molecule has 0 radical (unpaired) electrons. The Labute approximate surface area is 70.9 Å². The largest absolute Gasteiger partial charge is 0.324 e. The first-order valence-corrected chi connectivity index (χ1v) is 3.71. The molecule has 1 heterocycles. The molecule has 1 rings (SSSR count). The lowest BCUT2D eigenvalue weighted by atomic mass is 10.1. The molecule has 1 atom stereocenters. The van der Waals surface area contributed by atoms with Crippen molar-refractivity contribution < 1.29 is 4.39 Å². The third-order valence-corrected chi connectivity index (χ3v) is 1.57. The molecule has 0 aromatic carbocycles. The Morgan fingerprint density at radius 2 is 2.42 bits per heavy atom. The van der Waals surface area contributed by atoms with E-state index in [1.807, 2.05) is 0 Å². The maximum absolute atomic E-state index is 12.6. The topological polar surface area (TPSA) is 38.9 Å². The molecule has 2 nitrogen and oxygen atoms in total. The smallest absolute Gasteiger partial charge is 0.141 e. The van der Waals surface area contributed by atoms with Gasteiger partial charge in [0, 0.05) is 12.2 Å². The fourth-order valence-electron chi connectivity index (χ4n) is 0.947. The van der Waals surface area contributed by atoms with Crippen LogP contribution in [-0.4, -0.2) is 4.98 Å². The molecule has 12 heavy (non-hydrogen) atoms. The molecule has 0 saturated carbocycles. The van der Waals surface area contributed by atoms with Crippen LogP contribution in [0.25, 0.3) is 0 Å². The summed E-state index contributed by atoms with van der Waals surface area (Å²) in [5.41, 5.74) is 6.40. The van der Waals surface area contributed by atoms with Gasteiger partial charge in [-0.05, 0) is 18.1 Å². The predicted molar refractivity (Wildman–Crippen MR) is 45.9 cm³/mol. The number of nitrogens with two attached hydrogens (primary N) is 1. The zero-order chi connectivity index (χ0) is 8.97. The number of aromatic nitrogens is 1. The lowest BCUT2D eigenvalue weighted by Crippen LogP contribution is -2.09. The average molecular weight is 166 g/mol. The molecule has 1 aromatic rings. The second-order valence-electron chi connectivity index (χ2n) is 2.57. The minimum Gasteiger partial charge on any atom is -0.324 e. The minimum atomic E-state index is -0.355. The van der Waals surface area contributed by atoms with Gasteiger partial charge in [-0.2, -0.15) is 0 Å². The Hall–Kier alpha value is -1.22. The first-order valence-electron chi connectivity index (χ1n) is 3.71. The Bertz CT molecular complexity index is 273. The molecule has 0 saturated heterocycles. The van der Waals surface area contributed by atoms with Crippen molar-refractivity contribution in [3.63, 3.8) is 0 Å². The summed E-state index contributed by atoms with van der Waals surface area (Å²) >= 11 is 0. The van der Waals surface area contributed by atoms with E-state index in [4.69, 9.17) is 5.73 Å². The molecule has 1 aromatic heterocycles. The van der Waals surface area contributed by atoms with Crippen molar-refractivity contribution in [1.29, 1.82) is 0 Å². The maximum atomic E-state index is 12.6. The van der Waals surface area contributed by atoms with E-state index in [1.54, 1.807) is 12.3 Å². The van der Waals surface area contributed by atoms with Crippen LogP contribution >= 0.6 is 0 Å². The van der Waals surface area contributed by atoms with Crippen molar-refractivity contribution in [3.8, 4) is 0 Å². The van der Waals surface area contributed by atoms with Crippen LogP contribution in [0.3, 0.4) is 0 Å². The Morgan fingerprint density at radius 3 is 3.00 bits per heavy atom. The molecule has 64 valence electrons. The van der Waals surface area contributed by atoms with Gasteiger partial charge in [0.05, 0.1) is 6.20 Å². The molecule has 3 heteroatoms. The molecule has 0 amide bonds. The SMILES string of the molecule is C=CCC(N)c1cncc(F)c1. The summed E-state index contributed by atoms with van der Waals surface area (Å²) in [6, 6.07) is 1.19. The highest BCUT2D eigenvalue weighted by molar-refractivity contribution is 5.15. The van der Waals surface area contributed by atoms with Gasteiger partial charge in [-0.3, -0.25) is 4.98 Å². The van der Waals surface area contributed by atoms with Crippen LogP contribution in [-0.2, 0) is 0 Å². The van der Waals surface area contributed by atoms with Crippen molar-refractivity contribution in [2.45, 2.75) is 12.5 Å². The molecule has 2 N–H and O–H groups in total. The second-order valence-corrected chi connectivity index (χ2v) is 2.57. The van der Waals surface area contributed by atoms with Crippen molar-refractivity contribution >= 4 is 0 Å². The number of rotatable bonds is 3. The van der Waals surface area contributed by atoms with E-state index in [0.29, 0.717) is 12.0 Å². The van der Waals surface area contributed by atoms with Crippen LogP contribution < -0.4 is 5.73 Å². The number of nitrogens with zero attached hydrogens (tertiary/aromatic N) is 1. The van der Waals surface area contributed by atoms with E-state index in [2.05, 4.69) is 11.6 Å². The Kier molecular flexibility index (Phi) is 2.94. The average Bonchev–Trinajstić information content (AvgIpc) is 2.05. The zero-order valence-electron chi connectivity index (χ0n) is 6.70. The van der Waals surface area contributed by atoms with Gasteiger partial charge in [0.25, 0.3) is 0 Å². The lowest BCUT2D eigenvalue weighted by Gasteiger charge is -2.07. The van der Waals surface area contributed by atoms with E-state index in [-0.39, 0.29) is 11.9 Å². The standard InChI is InChI=1S/C9H11FN2/c1-2-3-9(11)7-4-8(10)6-12-5-7/h2,4-6,9H,1,3,11H2. The van der Waals surface area contributed by atoms with Crippen molar-refractivity contribution in [2.75, 3.05) is 0 Å². The third-order valence-electron chi connectivity index (χ3n) is 1.57. The number of halogens is 1. The summed E-state index contributed by atoms with van der Waals surface area (Å²) in [6.07, 6.45) is 5.06. The van der Waals surface area contributed by atoms with Gasteiger partial charge in [0.2, 0.25) is 0 Å². The number of hydrogen-bond acceptors (Lipinski definition) is 2. The van der Waals surface area contributed by atoms with Crippen LogP contribution in [0, 0.1) is 5.82 Å². The highest BCUT2D eigenvalue weighted by Crippen LogP contribution is 2.13. The summed E-state index contributed by atoms with van der Waals surface area (Å²) in [5.74, 6) is -0.355. The fourth-order valence-corrected chi connectivity index (χ4v) is 0.947. The van der Waals surface area contributed by atoms with Crippen LogP contribution in [0.2, 0.25) is 0 Å². The van der Waals surface area contributed by atoms with Gasteiger partial charge in [0.1, 0.15) is 5.82 Å². The van der Waals surface area contributed by atoms with Crippen molar-refractivity contribution in [1.82, 2.24) is 4.98 Å². The van der Waals surface area contributed by atoms with Gasteiger partial charge in [-0.25, -0.2) is 4.39 Å². The van der Waals surface area contributed by atoms with Gasteiger partial charge in [0.15, 0.2) is 0 Å². The van der Waals surface area contributed by atoms with Gasteiger partial charge < -0.3 is 5.73 Å². The van der Waals surface area contributed by atoms with E-state index >= 15 is 0 Å². The Balaban J connectivity index is 2.80. The summed E-state index contributed by atoms with van der Waals surface area (Å²) in [5, 5.41) is 0. The first-order chi connectivity index (χ1) is 5.74. The monoisotopic (exact) mass is 166 g/mol. The minimum absolute atomic E-state index is 0.203. The van der Waals surface area contributed by atoms with Gasteiger partial charge in [-0.15, -0.1) is 6.58 Å². The van der Waals surface area contributed by atoms with Crippen LogP contribution in [0.15, 0.2) is 31.1 Å². The molecule has 1 unspecified atom stereocenters. The van der Waals surface area contributed by atoms with Crippen molar-refractivity contribution in [3.05, 3.63) is 42.5 Å². The zero-order valence-corrected chi connectivity index (χ0v) is 6.70. The maximum Gasteiger partial charge on any atom is 0.141 e. The predicted octanol–water partition coefficient (Wildman–Crippen LogP) is 1.80. The van der Waals surface area contributed by atoms with Crippen LogP contribution in [0.4, 0.5) is 4.39 Å². The van der Waals surface area contributed by atoms with Crippen molar-refractivity contribution in [2.24, 2.45) is 5.73 Å². The molecule has 0 fully saturated rings. The summed E-state index contributed by atoms with van der Waals surface area (Å²) < 4.78 is 12.6.